The lowest BCUT2D eigenvalue weighted by molar-refractivity contribution is 0.661. The fourth-order valence-electron chi connectivity index (χ4n) is 10.5. The molecule has 0 radical (unpaired) electrons. The molecule has 1 aliphatic rings. The Balaban J connectivity index is 1.04. The molecule has 3 heterocycles. The van der Waals surface area contributed by atoms with E-state index in [2.05, 4.69) is 229 Å². The molecule has 0 atom stereocenters. The average Bonchev–Trinajstić information content (AvgIpc) is 3.93. The first-order chi connectivity index (χ1) is 31.0. The summed E-state index contributed by atoms with van der Waals surface area (Å²) in [6.45, 7) is 4.72. The van der Waals surface area contributed by atoms with E-state index >= 15 is 0 Å². The largest absolute Gasteiger partial charge is 0.309 e. The fraction of sp³-hybridized carbons (Fsp3) is 0.0508. The van der Waals surface area contributed by atoms with Crippen LogP contribution in [0.15, 0.2) is 206 Å². The molecular weight excluding hydrogens is 765 g/mol. The second kappa shape index (κ2) is 13.5. The Morgan fingerprint density at radius 2 is 0.905 bits per heavy atom. The standard InChI is InChI=1S/C59H40N4/c1-59(2)50-22-12-9-19-43(50)46-36-56-49(35-51(46)59)48-34-41(40-29-31-54-47(33-40)44-20-11-14-24-53(44)62(54)42-17-7-4-8-18-42)30-32-55(48)63(56)58-60-52-23-13-10-21-45(52)57(61-58)39-27-25-38(26-28-39)37-15-5-3-6-16-37/h3-36H,1-2H3. The lowest BCUT2D eigenvalue weighted by atomic mass is 9.82. The third kappa shape index (κ3) is 5.34. The number of aromatic nitrogens is 4. The Hall–Kier alpha value is -8.08. The van der Waals surface area contributed by atoms with Crippen molar-refractivity contribution in [3.8, 4) is 56.3 Å². The van der Waals surface area contributed by atoms with E-state index in [9.17, 15) is 0 Å². The maximum absolute atomic E-state index is 5.50. The van der Waals surface area contributed by atoms with E-state index in [1.807, 2.05) is 0 Å². The van der Waals surface area contributed by atoms with Gasteiger partial charge in [-0.05, 0) is 105 Å². The number of nitrogens with zero attached hydrogens (tertiary/aromatic N) is 4. The molecule has 0 saturated heterocycles. The van der Waals surface area contributed by atoms with Crippen molar-refractivity contribution in [2.24, 2.45) is 0 Å². The Labute approximate surface area is 365 Å². The van der Waals surface area contributed by atoms with Crippen molar-refractivity contribution in [3.63, 3.8) is 0 Å². The summed E-state index contributed by atoms with van der Waals surface area (Å²) in [5.41, 5.74) is 18.4. The minimum absolute atomic E-state index is 0.150. The van der Waals surface area contributed by atoms with Gasteiger partial charge < -0.3 is 4.57 Å². The molecule has 0 unspecified atom stereocenters. The van der Waals surface area contributed by atoms with Gasteiger partial charge in [-0.25, -0.2) is 9.97 Å². The maximum Gasteiger partial charge on any atom is 0.235 e. The highest BCUT2D eigenvalue weighted by molar-refractivity contribution is 6.14. The topological polar surface area (TPSA) is 35.6 Å². The monoisotopic (exact) mass is 804 g/mol. The van der Waals surface area contributed by atoms with Gasteiger partial charge in [0.2, 0.25) is 5.95 Å². The number of para-hydroxylation sites is 3. The normalized spacial score (nSPS) is 13.0. The van der Waals surface area contributed by atoms with Crippen LogP contribution in [0.4, 0.5) is 0 Å². The van der Waals surface area contributed by atoms with Crippen LogP contribution in [0.2, 0.25) is 0 Å². The summed E-state index contributed by atoms with van der Waals surface area (Å²) in [5, 5.41) is 5.87. The number of benzene rings is 9. The molecule has 12 aromatic rings. The predicted molar refractivity (Wildman–Crippen MR) is 262 cm³/mol. The molecule has 296 valence electrons. The van der Waals surface area contributed by atoms with E-state index in [1.54, 1.807) is 0 Å². The fourth-order valence-corrected chi connectivity index (χ4v) is 10.5. The van der Waals surface area contributed by atoms with E-state index in [1.165, 1.54) is 77.1 Å². The SMILES string of the molecule is CC1(C)c2ccccc2-c2cc3c(cc21)c1cc(-c2ccc4c(c2)c2ccccc2n4-c2ccccc2)ccc1n3-c1nc(-c2ccc(-c3ccccc3)cc2)c2ccccc2n1. The molecule has 13 rings (SSSR count). The van der Waals surface area contributed by atoms with Crippen molar-refractivity contribution in [1.82, 2.24) is 19.1 Å². The molecule has 0 amide bonds. The zero-order chi connectivity index (χ0) is 41.8. The van der Waals surface area contributed by atoms with Crippen LogP contribution in [0.1, 0.15) is 25.0 Å². The van der Waals surface area contributed by atoms with Gasteiger partial charge in [0, 0.05) is 43.6 Å². The average molecular weight is 805 g/mol. The number of hydrogen-bond acceptors (Lipinski definition) is 2. The molecule has 4 heteroatoms. The molecule has 0 N–H and O–H groups in total. The van der Waals surface area contributed by atoms with Gasteiger partial charge in [0.05, 0.1) is 33.3 Å². The Morgan fingerprint density at radius 1 is 0.349 bits per heavy atom. The first-order valence-electron chi connectivity index (χ1n) is 21.7. The van der Waals surface area contributed by atoms with Crippen molar-refractivity contribution in [3.05, 3.63) is 217 Å². The zero-order valence-electron chi connectivity index (χ0n) is 34.9. The highest BCUT2D eigenvalue weighted by Crippen LogP contribution is 2.51. The summed E-state index contributed by atoms with van der Waals surface area (Å²) < 4.78 is 4.68. The van der Waals surface area contributed by atoms with Crippen molar-refractivity contribution in [1.29, 1.82) is 0 Å². The lowest BCUT2D eigenvalue weighted by Crippen LogP contribution is -2.14. The summed E-state index contributed by atoms with van der Waals surface area (Å²) in [7, 11) is 0. The van der Waals surface area contributed by atoms with Gasteiger partial charge in [-0.15, -0.1) is 0 Å². The number of rotatable bonds is 5. The molecule has 9 aromatic carbocycles. The van der Waals surface area contributed by atoms with Crippen LogP contribution in [0.25, 0.3) is 111 Å². The minimum Gasteiger partial charge on any atom is -0.309 e. The summed E-state index contributed by atoms with van der Waals surface area (Å²) in [5.74, 6) is 0.657. The van der Waals surface area contributed by atoms with Gasteiger partial charge in [-0.1, -0.05) is 159 Å². The maximum atomic E-state index is 5.50. The van der Waals surface area contributed by atoms with E-state index in [-0.39, 0.29) is 5.41 Å². The van der Waals surface area contributed by atoms with E-state index in [0.717, 1.165) is 38.9 Å². The van der Waals surface area contributed by atoms with Crippen LogP contribution < -0.4 is 0 Å². The van der Waals surface area contributed by atoms with Gasteiger partial charge in [0.15, 0.2) is 0 Å². The first kappa shape index (κ1) is 35.7. The van der Waals surface area contributed by atoms with E-state index < -0.39 is 0 Å². The van der Waals surface area contributed by atoms with Crippen LogP contribution >= 0.6 is 0 Å². The molecule has 3 aromatic heterocycles. The highest BCUT2D eigenvalue weighted by Gasteiger charge is 2.36. The second-order valence-corrected chi connectivity index (χ2v) is 17.4. The van der Waals surface area contributed by atoms with Crippen LogP contribution in [0.3, 0.4) is 0 Å². The molecule has 0 bridgehead atoms. The number of hydrogen-bond donors (Lipinski definition) is 0. The third-order valence-electron chi connectivity index (χ3n) is 13.5. The van der Waals surface area contributed by atoms with Crippen molar-refractivity contribution in [2.75, 3.05) is 0 Å². The van der Waals surface area contributed by atoms with Crippen LogP contribution in [-0.4, -0.2) is 19.1 Å². The first-order valence-corrected chi connectivity index (χ1v) is 21.7. The molecular formula is C59H40N4. The molecule has 63 heavy (non-hydrogen) atoms. The molecule has 1 aliphatic carbocycles. The Kier molecular flexibility index (Phi) is 7.62. The Bertz CT molecular complexity index is 3800. The molecule has 0 spiro atoms. The summed E-state index contributed by atoms with van der Waals surface area (Å²) in [6.07, 6.45) is 0. The van der Waals surface area contributed by atoms with Gasteiger partial charge in [-0.3, -0.25) is 4.57 Å². The minimum atomic E-state index is -0.150. The summed E-state index contributed by atoms with van der Waals surface area (Å²) in [6, 6.07) is 74.7. The van der Waals surface area contributed by atoms with E-state index in [0.29, 0.717) is 5.95 Å². The molecule has 0 saturated carbocycles. The smallest absolute Gasteiger partial charge is 0.235 e. The third-order valence-corrected chi connectivity index (χ3v) is 13.5. The molecule has 0 fully saturated rings. The van der Waals surface area contributed by atoms with Crippen molar-refractivity contribution >= 4 is 54.5 Å². The highest BCUT2D eigenvalue weighted by atomic mass is 15.2. The predicted octanol–water partition coefficient (Wildman–Crippen LogP) is 15.1. The summed E-state index contributed by atoms with van der Waals surface area (Å²) >= 11 is 0. The van der Waals surface area contributed by atoms with Crippen LogP contribution in [0, 0.1) is 0 Å². The molecule has 4 nitrogen and oxygen atoms in total. The van der Waals surface area contributed by atoms with Gasteiger partial charge in [-0.2, -0.15) is 0 Å². The Morgan fingerprint density at radius 3 is 1.68 bits per heavy atom. The zero-order valence-corrected chi connectivity index (χ0v) is 34.9. The van der Waals surface area contributed by atoms with Crippen LogP contribution in [0.5, 0.6) is 0 Å². The summed E-state index contributed by atoms with van der Waals surface area (Å²) in [4.78, 5) is 10.9. The van der Waals surface area contributed by atoms with Crippen molar-refractivity contribution < 1.29 is 0 Å². The van der Waals surface area contributed by atoms with Crippen molar-refractivity contribution in [2.45, 2.75) is 19.3 Å². The lowest BCUT2D eigenvalue weighted by Gasteiger charge is -2.21. The van der Waals surface area contributed by atoms with Gasteiger partial charge in [0.1, 0.15) is 0 Å². The number of fused-ring (bicyclic) bond motifs is 10. The van der Waals surface area contributed by atoms with Gasteiger partial charge >= 0.3 is 0 Å². The second-order valence-electron chi connectivity index (χ2n) is 17.4. The van der Waals surface area contributed by atoms with E-state index in [4.69, 9.17) is 9.97 Å². The van der Waals surface area contributed by atoms with Crippen LogP contribution in [-0.2, 0) is 5.41 Å². The van der Waals surface area contributed by atoms with Gasteiger partial charge in [0.25, 0.3) is 0 Å². The molecule has 0 aliphatic heterocycles. The quantitative estimate of drug-likeness (QED) is 0.174.